The molecule has 7 nitrogen and oxygen atoms in total. The maximum Gasteiger partial charge on any atom is 0.269 e. The van der Waals surface area contributed by atoms with E-state index in [0.29, 0.717) is 12.1 Å². The van der Waals surface area contributed by atoms with Crippen LogP contribution in [0.25, 0.3) is 0 Å². The monoisotopic (exact) mass is 362 g/mol. The maximum absolute atomic E-state index is 12.5. The van der Waals surface area contributed by atoms with Crippen LogP contribution in [0.5, 0.6) is 0 Å². The van der Waals surface area contributed by atoms with Crippen LogP contribution in [-0.4, -0.2) is 19.2 Å². The van der Waals surface area contributed by atoms with E-state index in [0.717, 1.165) is 12.1 Å². The van der Waals surface area contributed by atoms with E-state index in [1.807, 2.05) is 13.8 Å². The number of non-ortho nitro benzene ring substituents is 1. The minimum atomic E-state index is -3.78. The molecular weight excluding hydrogens is 344 g/mol. The first-order valence-corrected chi connectivity index (χ1v) is 9.14. The van der Waals surface area contributed by atoms with E-state index >= 15 is 0 Å². The Morgan fingerprint density at radius 2 is 1.56 bits per heavy atom. The summed E-state index contributed by atoms with van der Waals surface area (Å²) in [4.78, 5) is 21.9. The third-order valence-electron chi connectivity index (χ3n) is 3.85. The quantitative estimate of drug-likeness (QED) is 0.626. The van der Waals surface area contributed by atoms with Gasteiger partial charge < -0.3 is 5.32 Å². The molecule has 0 radical (unpaired) electrons. The number of rotatable bonds is 6. The van der Waals surface area contributed by atoms with Crippen LogP contribution in [0, 0.1) is 16.0 Å². The van der Waals surface area contributed by atoms with Gasteiger partial charge in [0.2, 0.25) is 15.7 Å². The van der Waals surface area contributed by atoms with Crippen LogP contribution in [0.1, 0.15) is 20.3 Å². The number of nitro benzene ring substituents is 1. The molecule has 0 bridgehead atoms. The Hall–Kier alpha value is -2.74. The van der Waals surface area contributed by atoms with Crippen molar-refractivity contribution in [3.8, 4) is 0 Å². The number of sulfone groups is 1. The summed E-state index contributed by atoms with van der Waals surface area (Å²) in [5, 5.41) is 13.4. The average Bonchev–Trinajstić information content (AvgIpc) is 2.61. The smallest absolute Gasteiger partial charge is 0.269 e. The molecule has 0 aliphatic rings. The lowest BCUT2D eigenvalue weighted by Gasteiger charge is -2.10. The Bertz CT molecular complexity index is 874. The highest BCUT2D eigenvalue weighted by Crippen LogP contribution is 2.24. The average molecular weight is 362 g/mol. The third kappa shape index (κ3) is 4.21. The number of nitrogens with zero attached hydrogens (tertiary/aromatic N) is 1. The Labute approximate surface area is 145 Å². The molecular formula is C17H18N2O5S. The maximum atomic E-state index is 12.5. The van der Waals surface area contributed by atoms with Gasteiger partial charge >= 0.3 is 0 Å². The molecule has 2 aromatic carbocycles. The highest BCUT2D eigenvalue weighted by Gasteiger charge is 2.19. The highest BCUT2D eigenvalue weighted by atomic mass is 32.2. The van der Waals surface area contributed by atoms with E-state index in [1.165, 1.54) is 36.4 Å². The van der Waals surface area contributed by atoms with Gasteiger partial charge in [-0.2, -0.15) is 0 Å². The Balaban J connectivity index is 2.22. The zero-order valence-corrected chi connectivity index (χ0v) is 14.6. The van der Waals surface area contributed by atoms with Gasteiger partial charge in [0, 0.05) is 23.7 Å². The molecule has 1 unspecified atom stereocenters. The van der Waals surface area contributed by atoms with Crippen molar-refractivity contribution in [2.75, 3.05) is 5.32 Å². The van der Waals surface area contributed by atoms with Gasteiger partial charge in [-0.05, 0) is 42.8 Å². The van der Waals surface area contributed by atoms with Crippen LogP contribution >= 0.6 is 0 Å². The molecule has 2 rings (SSSR count). The summed E-state index contributed by atoms with van der Waals surface area (Å²) in [6.07, 6.45) is 0.707. The van der Waals surface area contributed by atoms with E-state index < -0.39 is 14.8 Å². The summed E-state index contributed by atoms with van der Waals surface area (Å²) < 4.78 is 25.1. The molecule has 0 spiro atoms. The zero-order chi connectivity index (χ0) is 18.6. The first kappa shape index (κ1) is 18.6. The second-order valence-corrected chi connectivity index (χ2v) is 7.53. The van der Waals surface area contributed by atoms with Gasteiger partial charge in [-0.15, -0.1) is 0 Å². The predicted octanol–water partition coefficient (Wildman–Crippen LogP) is 3.41. The summed E-state index contributed by atoms with van der Waals surface area (Å²) in [7, 11) is -3.78. The van der Waals surface area contributed by atoms with Crippen molar-refractivity contribution in [1.82, 2.24) is 0 Å². The largest absolute Gasteiger partial charge is 0.326 e. The van der Waals surface area contributed by atoms with Crippen LogP contribution in [0.3, 0.4) is 0 Å². The lowest BCUT2D eigenvalue weighted by Crippen LogP contribution is -2.19. The summed E-state index contributed by atoms with van der Waals surface area (Å²) >= 11 is 0. The summed E-state index contributed by atoms with van der Waals surface area (Å²) in [5.41, 5.74) is 0.329. The number of hydrogen-bond acceptors (Lipinski definition) is 5. The van der Waals surface area contributed by atoms with Crippen LogP contribution in [0.2, 0.25) is 0 Å². The standard InChI is InChI=1S/C17H18N2O5S/c1-3-12(2)17(20)18-13-4-8-15(9-5-13)25(23,24)16-10-6-14(7-11-16)19(21)22/h4-12H,3H2,1-2H3,(H,18,20). The zero-order valence-electron chi connectivity index (χ0n) is 13.8. The molecule has 8 heteroatoms. The Morgan fingerprint density at radius 3 is 2.00 bits per heavy atom. The second kappa shape index (κ2) is 7.43. The van der Waals surface area contributed by atoms with Crippen molar-refractivity contribution < 1.29 is 18.1 Å². The van der Waals surface area contributed by atoms with Crippen molar-refractivity contribution in [2.24, 2.45) is 5.92 Å². The molecule has 1 amide bonds. The lowest BCUT2D eigenvalue weighted by molar-refractivity contribution is -0.384. The number of nitrogens with one attached hydrogen (secondary N) is 1. The minimum Gasteiger partial charge on any atom is -0.326 e. The van der Waals surface area contributed by atoms with Gasteiger partial charge in [0.1, 0.15) is 0 Å². The van der Waals surface area contributed by atoms with E-state index in [2.05, 4.69) is 5.32 Å². The number of carbonyl (C=O) groups excluding carboxylic acids is 1. The molecule has 25 heavy (non-hydrogen) atoms. The summed E-state index contributed by atoms with van der Waals surface area (Å²) in [5.74, 6) is -0.267. The topological polar surface area (TPSA) is 106 Å². The molecule has 0 fully saturated rings. The predicted molar refractivity (Wildman–Crippen MR) is 93.1 cm³/mol. The van der Waals surface area contributed by atoms with Gasteiger partial charge in [-0.3, -0.25) is 14.9 Å². The lowest BCUT2D eigenvalue weighted by atomic mass is 10.1. The summed E-state index contributed by atoms with van der Waals surface area (Å²) in [6.45, 7) is 3.72. The van der Waals surface area contributed by atoms with E-state index in [4.69, 9.17) is 0 Å². The third-order valence-corrected chi connectivity index (χ3v) is 5.64. The van der Waals surface area contributed by atoms with Crippen molar-refractivity contribution in [1.29, 1.82) is 0 Å². The van der Waals surface area contributed by atoms with Gasteiger partial charge in [-0.25, -0.2) is 8.42 Å². The summed E-state index contributed by atoms with van der Waals surface area (Å²) in [6, 6.07) is 10.5. The molecule has 0 heterocycles. The van der Waals surface area contributed by atoms with E-state index in [1.54, 1.807) is 0 Å². The number of hydrogen-bond donors (Lipinski definition) is 1. The first-order chi connectivity index (χ1) is 11.8. The number of anilines is 1. The molecule has 132 valence electrons. The fourth-order valence-electron chi connectivity index (χ4n) is 2.05. The van der Waals surface area contributed by atoms with Crippen LogP contribution in [0.15, 0.2) is 58.3 Å². The van der Waals surface area contributed by atoms with Gasteiger partial charge in [0.05, 0.1) is 14.7 Å². The normalized spacial score (nSPS) is 12.4. The second-order valence-electron chi connectivity index (χ2n) is 5.58. The fourth-order valence-corrected chi connectivity index (χ4v) is 3.31. The van der Waals surface area contributed by atoms with E-state index in [-0.39, 0.29) is 27.3 Å². The molecule has 1 N–H and O–H groups in total. The molecule has 1 atom stereocenters. The minimum absolute atomic E-state index is 0.0329. The van der Waals surface area contributed by atoms with Crippen LogP contribution < -0.4 is 5.32 Å². The van der Waals surface area contributed by atoms with Crippen molar-refractivity contribution in [3.05, 3.63) is 58.6 Å². The molecule has 0 aromatic heterocycles. The highest BCUT2D eigenvalue weighted by molar-refractivity contribution is 7.91. The number of benzene rings is 2. The SMILES string of the molecule is CCC(C)C(=O)Nc1ccc(S(=O)(=O)c2ccc([N+](=O)[O-])cc2)cc1. The molecule has 2 aromatic rings. The number of nitro groups is 1. The Kier molecular flexibility index (Phi) is 5.53. The van der Waals surface area contributed by atoms with Crippen molar-refractivity contribution in [3.63, 3.8) is 0 Å². The molecule has 0 aliphatic carbocycles. The number of amides is 1. The first-order valence-electron chi connectivity index (χ1n) is 7.66. The van der Waals surface area contributed by atoms with Crippen molar-refractivity contribution >= 4 is 27.1 Å². The Morgan fingerprint density at radius 1 is 1.08 bits per heavy atom. The molecule has 0 aliphatic heterocycles. The van der Waals surface area contributed by atoms with Gasteiger partial charge in [0.15, 0.2) is 0 Å². The number of carbonyl (C=O) groups is 1. The fraction of sp³-hybridized carbons (Fsp3) is 0.235. The van der Waals surface area contributed by atoms with Crippen molar-refractivity contribution in [2.45, 2.75) is 30.1 Å². The van der Waals surface area contributed by atoms with E-state index in [9.17, 15) is 23.3 Å². The van der Waals surface area contributed by atoms with Crippen LogP contribution in [-0.2, 0) is 14.6 Å². The van der Waals surface area contributed by atoms with Gasteiger partial charge in [-0.1, -0.05) is 13.8 Å². The van der Waals surface area contributed by atoms with Crippen LogP contribution in [0.4, 0.5) is 11.4 Å². The van der Waals surface area contributed by atoms with Gasteiger partial charge in [0.25, 0.3) is 5.69 Å². The molecule has 0 saturated carbocycles. The molecule has 0 saturated heterocycles.